The van der Waals surface area contributed by atoms with Gasteiger partial charge in [0.25, 0.3) is 0 Å². The monoisotopic (exact) mass is 301 g/mol. The normalized spacial score (nSPS) is 10.1. The number of pyridine rings is 1. The third kappa shape index (κ3) is 3.57. The van der Waals surface area contributed by atoms with E-state index in [0.717, 1.165) is 11.1 Å². The van der Waals surface area contributed by atoms with Gasteiger partial charge >= 0.3 is 11.7 Å². The molecule has 2 rings (SSSR count). The molecule has 1 aromatic carbocycles. The van der Waals surface area contributed by atoms with Crippen molar-refractivity contribution in [3.63, 3.8) is 0 Å². The quantitative estimate of drug-likeness (QED) is 0.518. The standard InChI is InChI=1S/C15H15N3O4/c1-10-7-13(18(20)21)14(16-8-10)17-9-11-3-5-12(6-4-11)15(19)22-2/h3-8H,9H2,1-2H3,(H,16,17). The first kappa shape index (κ1) is 15.4. The molecule has 0 atom stereocenters. The molecule has 0 aliphatic carbocycles. The highest BCUT2D eigenvalue weighted by Gasteiger charge is 2.15. The second-order valence-corrected chi connectivity index (χ2v) is 4.68. The van der Waals surface area contributed by atoms with Gasteiger partial charge in [-0.15, -0.1) is 0 Å². The maximum absolute atomic E-state index is 11.3. The fourth-order valence-electron chi connectivity index (χ4n) is 1.89. The number of aromatic nitrogens is 1. The van der Waals surface area contributed by atoms with E-state index in [-0.39, 0.29) is 11.5 Å². The largest absolute Gasteiger partial charge is 0.465 e. The number of nitrogens with one attached hydrogen (secondary N) is 1. The summed E-state index contributed by atoms with van der Waals surface area (Å²) in [6.07, 6.45) is 1.57. The topological polar surface area (TPSA) is 94.4 Å². The number of nitro groups is 1. The molecular weight excluding hydrogens is 286 g/mol. The van der Waals surface area contributed by atoms with E-state index in [4.69, 9.17) is 0 Å². The summed E-state index contributed by atoms with van der Waals surface area (Å²) in [5.74, 6) is -0.192. The molecule has 1 heterocycles. The summed E-state index contributed by atoms with van der Waals surface area (Å²) < 4.78 is 4.62. The lowest BCUT2D eigenvalue weighted by molar-refractivity contribution is -0.384. The fraction of sp³-hybridized carbons (Fsp3) is 0.200. The molecule has 7 heteroatoms. The van der Waals surface area contributed by atoms with E-state index >= 15 is 0 Å². The van der Waals surface area contributed by atoms with Gasteiger partial charge in [0.05, 0.1) is 17.6 Å². The molecule has 0 unspecified atom stereocenters. The fourth-order valence-corrected chi connectivity index (χ4v) is 1.89. The number of benzene rings is 1. The number of hydrogen-bond acceptors (Lipinski definition) is 6. The molecule has 114 valence electrons. The Morgan fingerprint density at radius 1 is 1.36 bits per heavy atom. The number of aryl methyl sites for hydroxylation is 1. The SMILES string of the molecule is COC(=O)c1ccc(CNc2ncc(C)cc2[N+](=O)[O-])cc1. The van der Waals surface area contributed by atoms with E-state index in [1.54, 1.807) is 37.4 Å². The molecule has 0 spiro atoms. The minimum absolute atomic E-state index is 0.0637. The Balaban J connectivity index is 2.10. The van der Waals surface area contributed by atoms with Gasteiger partial charge < -0.3 is 10.1 Å². The highest BCUT2D eigenvalue weighted by molar-refractivity contribution is 5.89. The Bertz CT molecular complexity index is 698. The number of hydrogen-bond donors (Lipinski definition) is 1. The molecule has 1 aromatic heterocycles. The molecule has 0 saturated heterocycles. The van der Waals surface area contributed by atoms with Gasteiger partial charge in [-0.3, -0.25) is 10.1 Å². The maximum Gasteiger partial charge on any atom is 0.337 e. The van der Waals surface area contributed by atoms with Crippen LogP contribution in [0.15, 0.2) is 36.5 Å². The van der Waals surface area contributed by atoms with Crippen LogP contribution in [0.4, 0.5) is 11.5 Å². The van der Waals surface area contributed by atoms with Gasteiger partial charge in [-0.2, -0.15) is 0 Å². The van der Waals surface area contributed by atoms with Crippen LogP contribution in [0.1, 0.15) is 21.5 Å². The first-order chi connectivity index (χ1) is 10.5. The summed E-state index contributed by atoms with van der Waals surface area (Å²) in [5, 5.41) is 13.9. The molecule has 0 bridgehead atoms. The van der Waals surface area contributed by atoms with E-state index in [1.807, 2.05) is 0 Å². The second-order valence-electron chi connectivity index (χ2n) is 4.68. The van der Waals surface area contributed by atoms with Crippen molar-refractivity contribution in [1.29, 1.82) is 0 Å². The summed E-state index contributed by atoms with van der Waals surface area (Å²) in [5.41, 5.74) is 1.97. The average Bonchev–Trinajstić information content (AvgIpc) is 2.53. The number of carbonyl (C=O) groups excluding carboxylic acids is 1. The van der Waals surface area contributed by atoms with Crippen molar-refractivity contribution in [2.24, 2.45) is 0 Å². The van der Waals surface area contributed by atoms with E-state index in [1.165, 1.54) is 13.2 Å². The molecule has 0 aliphatic rings. The highest BCUT2D eigenvalue weighted by atomic mass is 16.6. The molecule has 0 radical (unpaired) electrons. The predicted molar refractivity (Wildman–Crippen MR) is 80.7 cm³/mol. The summed E-state index contributed by atoms with van der Waals surface area (Å²) in [6.45, 7) is 2.10. The predicted octanol–water partition coefficient (Wildman–Crippen LogP) is 2.70. The number of ether oxygens (including phenoxy) is 1. The van der Waals surface area contributed by atoms with E-state index in [2.05, 4.69) is 15.0 Å². The van der Waals surface area contributed by atoms with Gasteiger partial charge in [-0.1, -0.05) is 12.1 Å². The average molecular weight is 301 g/mol. The first-order valence-electron chi connectivity index (χ1n) is 6.53. The Hall–Kier alpha value is -2.96. The minimum atomic E-state index is -0.470. The van der Waals surface area contributed by atoms with E-state index < -0.39 is 10.9 Å². The van der Waals surface area contributed by atoms with Crippen molar-refractivity contribution < 1.29 is 14.5 Å². The maximum atomic E-state index is 11.3. The van der Waals surface area contributed by atoms with Crippen molar-refractivity contribution in [1.82, 2.24) is 4.98 Å². The highest BCUT2D eigenvalue weighted by Crippen LogP contribution is 2.23. The van der Waals surface area contributed by atoms with Crippen LogP contribution in [0.2, 0.25) is 0 Å². The van der Waals surface area contributed by atoms with Crippen molar-refractivity contribution in [2.45, 2.75) is 13.5 Å². The third-order valence-corrected chi connectivity index (χ3v) is 3.04. The van der Waals surface area contributed by atoms with Crippen LogP contribution in [-0.2, 0) is 11.3 Å². The molecule has 22 heavy (non-hydrogen) atoms. The van der Waals surface area contributed by atoms with Gasteiger partial charge in [0.2, 0.25) is 5.82 Å². The van der Waals surface area contributed by atoms with Crippen LogP contribution in [0.5, 0.6) is 0 Å². The van der Waals surface area contributed by atoms with Gasteiger partial charge in [-0.25, -0.2) is 9.78 Å². The zero-order valence-electron chi connectivity index (χ0n) is 12.2. The van der Waals surface area contributed by atoms with Gasteiger partial charge in [0.15, 0.2) is 0 Å². The van der Waals surface area contributed by atoms with Crippen LogP contribution < -0.4 is 5.32 Å². The van der Waals surface area contributed by atoms with Gasteiger partial charge in [0, 0.05) is 18.8 Å². The van der Waals surface area contributed by atoms with Crippen LogP contribution >= 0.6 is 0 Å². The minimum Gasteiger partial charge on any atom is -0.465 e. The van der Waals surface area contributed by atoms with Crippen molar-refractivity contribution in [3.8, 4) is 0 Å². The summed E-state index contributed by atoms with van der Waals surface area (Å²) in [4.78, 5) is 25.9. The first-order valence-corrected chi connectivity index (χ1v) is 6.53. The summed E-state index contributed by atoms with van der Waals surface area (Å²) >= 11 is 0. The molecule has 0 fully saturated rings. The Morgan fingerprint density at radius 3 is 2.64 bits per heavy atom. The molecular formula is C15H15N3O4. The molecule has 0 amide bonds. The zero-order valence-corrected chi connectivity index (χ0v) is 12.2. The van der Waals surface area contributed by atoms with Gasteiger partial charge in [-0.05, 0) is 30.2 Å². The number of esters is 1. The van der Waals surface area contributed by atoms with E-state index in [9.17, 15) is 14.9 Å². The summed E-state index contributed by atoms with van der Waals surface area (Å²) in [7, 11) is 1.32. The van der Waals surface area contributed by atoms with Crippen LogP contribution in [0, 0.1) is 17.0 Å². The Morgan fingerprint density at radius 2 is 2.05 bits per heavy atom. The van der Waals surface area contributed by atoms with Crippen LogP contribution in [0.25, 0.3) is 0 Å². The lowest BCUT2D eigenvalue weighted by Gasteiger charge is -2.07. The lowest BCUT2D eigenvalue weighted by Crippen LogP contribution is -2.06. The van der Waals surface area contributed by atoms with Crippen molar-refractivity contribution in [2.75, 3.05) is 12.4 Å². The number of anilines is 1. The van der Waals surface area contributed by atoms with Crippen molar-refractivity contribution in [3.05, 3.63) is 63.3 Å². The molecule has 0 saturated carbocycles. The third-order valence-electron chi connectivity index (χ3n) is 3.04. The Kier molecular flexibility index (Phi) is 4.67. The number of nitrogens with zero attached hydrogens (tertiary/aromatic N) is 2. The zero-order chi connectivity index (χ0) is 16.1. The number of rotatable bonds is 5. The summed E-state index contributed by atoms with van der Waals surface area (Å²) in [6, 6.07) is 8.24. The number of methoxy groups -OCH3 is 1. The van der Waals surface area contributed by atoms with Crippen LogP contribution in [0.3, 0.4) is 0 Å². The molecule has 1 N–H and O–H groups in total. The van der Waals surface area contributed by atoms with Crippen molar-refractivity contribution >= 4 is 17.5 Å². The van der Waals surface area contributed by atoms with Crippen LogP contribution in [-0.4, -0.2) is 23.0 Å². The second kappa shape index (κ2) is 6.66. The van der Waals surface area contributed by atoms with Gasteiger partial charge in [0.1, 0.15) is 0 Å². The molecule has 0 aliphatic heterocycles. The smallest absolute Gasteiger partial charge is 0.337 e. The Labute approximate surface area is 127 Å². The lowest BCUT2D eigenvalue weighted by atomic mass is 10.1. The molecule has 2 aromatic rings. The molecule has 7 nitrogen and oxygen atoms in total. The number of carbonyl (C=O) groups is 1. The van der Waals surface area contributed by atoms with E-state index in [0.29, 0.717) is 12.1 Å².